The zero-order chi connectivity index (χ0) is 14.8. The Bertz CT molecular complexity index is 532. The summed E-state index contributed by atoms with van der Waals surface area (Å²) in [6, 6.07) is 7.59. The van der Waals surface area contributed by atoms with Crippen molar-refractivity contribution in [3.8, 4) is 0 Å². The number of carbonyl (C=O) groups excluding carboxylic acids is 2. The molecule has 112 valence electrons. The third kappa shape index (κ3) is 3.26. The van der Waals surface area contributed by atoms with E-state index in [4.69, 9.17) is 0 Å². The van der Waals surface area contributed by atoms with Crippen molar-refractivity contribution in [1.29, 1.82) is 0 Å². The van der Waals surface area contributed by atoms with E-state index in [-0.39, 0.29) is 17.7 Å². The van der Waals surface area contributed by atoms with Crippen molar-refractivity contribution in [2.75, 3.05) is 13.1 Å². The first-order valence-electron chi connectivity index (χ1n) is 7.81. The first kappa shape index (κ1) is 14.1. The molecule has 0 spiro atoms. The Hall–Kier alpha value is -1.84. The predicted octanol–water partition coefficient (Wildman–Crippen LogP) is 2.19. The number of hydrogen-bond donors (Lipinski definition) is 1. The Morgan fingerprint density at radius 1 is 1.19 bits per heavy atom. The van der Waals surface area contributed by atoms with Gasteiger partial charge in [-0.05, 0) is 42.9 Å². The fourth-order valence-electron chi connectivity index (χ4n) is 2.88. The minimum absolute atomic E-state index is 0.120. The number of likely N-dealkylation sites (tertiary alicyclic amines) is 1. The Morgan fingerprint density at radius 2 is 1.81 bits per heavy atom. The first-order chi connectivity index (χ1) is 10.1. The van der Waals surface area contributed by atoms with Crippen LogP contribution < -0.4 is 5.32 Å². The Labute approximate surface area is 125 Å². The molecule has 4 nitrogen and oxygen atoms in total. The van der Waals surface area contributed by atoms with Gasteiger partial charge in [0.15, 0.2) is 0 Å². The average molecular weight is 286 g/mol. The van der Waals surface area contributed by atoms with E-state index >= 15 is 0 Å². The molecule has 1 saturated carbocycles. The summed E-state index contributed by atoms with van der Waals surface area (Å²) in [5.74, 6) is 1.01. The summed E-state index contributed by atoms with van der Waals surface area (Å²) in [4.78, 5) is 25.9. The lowest BCUT2D eigenvalue weighted by Crippen LogP contribution is -2.27. The van der Waals surface area contributed by atoms with Gasteiger partial charge in [0.05, 0.1) is 0 Å². The molecule has 0 radical (unpaired) electrons. The number of amides is 2. The van der Waals surface area contributed by atoms with Crippen LogP contribution in [0.3, 0.4) is 0 Å². The molecule has 2 atom stereocenters. The first-order valence-corrected chi connectivity index (χ1v) is 7.81. The van der Waals surface area contributed by atoms with Gasteiger partial charge in [0.2, 0.25) is 5.91 Å². The topological polar surface area (TPSA) is 49.4 Å². The van der Waals surface area contributed by atoms with Crippen LogP contribution in [0, 0.1) is 11.8 Å². The molecule has 0 bridgehead atoms. The summed E-state index contributed by atoms with van der Waals surface area (Å²) in [7, 11) is 0. The summed E-state index contributed by atoms with van der Waals surface area (Å²) in [5.41, 5.74) is 1.78. The molecular weight excluding hydrogens is 264 g/mol. The molecule has 1 N–H and O–H groups in total. The van der Waals surface area contributed by atoms with E-state index in [2.05, 4.69) is 12.2 Å². The molecule has 4 heteroatoms. The number of benzene rings is 1. The lowest BCUT2D eigenvalue weighted by atomic mass is 10.1. The van der Waals surface area contributed by atoms with Crippen LogP contribution in [0.4, 0.5) is 0 Å². The second-order valence-electron chi connectivity index (χ2n) is 6.23. The maximum atomic E-state index is 12.2. The molecule has 1 aromatic carbocycles. The molecule has 3 rings (SSSR count). The molecule has 2 amide bonds. The highest BCUT2D eigenvalue weighted by molar-refractivity contribution is 5.94. The molecule has 21 heavy (non-hydrogen) atoms. The minimum Gasteiger partial charge on any atom is -0.352 e. The SMILES string of the molecule is C[C@H]1C[C@H]1C(=O)NCc1ccc(C(=O)N2CCCC2)cc1. The molecule has 1 aliphatic heterocycles. The van der Waals surface area contributed by atoms with E-state index in [1.807, 2.05) is 29.2 Å². The van der Waals surface area contributed by atoms with Gasteiger partial charge in [-0.15, -0.1) is 0 Å². The highest BCUT2D eigenvalue weighted by Crippen LogP contribution is 2.37. The largest absolute Gasteiger partial charge is 0.352 e. The smallest absolute Gasteiger partial charge is 0.253 e. The number of carbonyl (C=O) groups is 2. The molecule has 0 unspecified atom stereocenters. The van der Waals surface area contributed by atoms with Crippen LogP contribution >= 0.6 is 0 Å². The van der Waals surface area contributed by atoms with Crippen LogP contribution in [0.5, 0.6) is 0 Å². The van der Waals surface area contributed by atoms with Gasteiger partial charge in [0.25, 0.3) is 5.91 Å². The van der Waals surface area contributed by atoms with Crippen molar-refractivity contribution in [1.82, 2.24) is 10.2 Å². The van der Waals surface area contributed by atoms with Gasteiger partial charge in [-0.3, -0.25) is 9.59 Å². The third-order valence-electron chi connectivity index (χ3n) is 4.51. The number of rotatable bonds is 4. The van der Waals surface area contributed by atoms with Gasteiger partial charge in [0, 0.05) is 31.1 Å². The van der Waals surface area contributed by atoms with Gasteiger partial charge < -0.3 is 10.2 Å². The van der Waals surface area contributed by atoms with Crippen LogP contribution in [0.1, 0.15) is 42.1 Å². The second-order valence-corrected chi connectivity index (χ2v) is 6.23. The van der Waals surface area contributed by atoms with Crippen LogP contribution in [0.2, 0.25) is 0 Å². The summed E-state index contributed by atoms with van der Waals surface area (Å²) < 4.78 is 0. The molecule has 2 aliphatic rings. The lowest BCUT2D eigenvalue weighted by molar-refractivity contribution is -0.122. The summed E-state index contributed by atoms with van der Waals surface area (Å²) in [6.07, 6.45) is 3.22. The van der Waals surface area contributed by atoms with Crippen molar-refractivity contribution < 1.29 is 9.59 Å². The lowest BCUT2D eigenvalue weighted by Gasteiger charge is -2.15. The molecule has 1 aromatic rings. The van der Waals surface area contributed by atoms with Crippen molar-refractivity contribution in [3.05, 3.63) is 35.4 Å². The maximum absolute atomic E-state index is 12.2. The Kier molecular flexibility index (Phi) is 3.95. The fourth-order valence-corrected chi connectivity index (χ4v) is 2.88. The van der Waals surface area contributed by atoms with E-state index in [0.717, 1.165) is 43.5 Å². The van der Waals surface area contributed by atoms with Gasteiger partial charge >= 0.3 is 0 Å². The molecule has 2 fully saturated rings. The fraction of sp³-hybridized carbons (Fsp3) is 0.529. The van der Waals surface area contributed by atoms with E-state index in [0.29, 0.717) is 12.5 Å². The van der Waals surface area contributed by atoms with Gasteiger partial charge in [-0.1, -0.05) is 19.1 Å². The van der Waals surface area contributed by atoms with Crippen molar-refractivity contribution >= 4 is 11.8 Å². The number of nitrogens with zero attached hydrogens (tertiary/aromatic N) is 1. The van der Waals surface area contributed by atoms with E-state index in [1.54, 1.807) is 0 Å². The highest BCUT2D eigenvalue weighted by atomic mass is 16.2. The molecule has 1 heterocycles. The number of hydrogen-bond acceptors (Lipinski definition) is 2. The second kappa shape index (κ2) is 5.88. The molecule has 1 saturated heterocycles. The number of nitrogens with one attached hydrogen (secondary N) is 1. The molecule has 1 aliphatic carbocycles. The quantitative estimate of drug-likeness (QED) is 0.922. The van der Waals surface area contributed by atoms with Crippen LogP contribution in [0.25, 0.3) is 0 Å². The summed E-state index contributed by atoms with van der Waals surface area (Å²) in [6.45, 7) is 4.38. The van der Waals surface area contributed by atoms with Gasteiger partial charge in [-0.25, -0.2) is 0 Å². The highest BCUT2D eigenvalue weighted by Gasteiger charge is 2.38. The normalized spacial score (nSPS) is 24.0. The molecule has 0 aromatic heterocycles. The Balaban J connectivity index is 1.53. The monoisotopic (exact) mass is 286 g/mol. The Morgan fingerprint density at radius 3 is 2.38 bits per heavy atom. The average Bonchev–Trinajstić information content (AvgIpc) is 3.02. The van der Waals surface area contributed by atoms with E-state index in [1.165, 1.54) is 0 Å². The maximum Gasteiger partial charge on any atom is 0.253 e. The van der Waals surface area contributed by atoms with Crippen LogP contribution in [-0.2, 0) is 11.3 Å². The summed E-state index contributed by atoms with van der Waals surface area (Å²) in [5, 5.41) is 2.96. The van der Waals surface area contributed by atoms with Crippen LogP contribution in [0.15, 0.2) is 24.3 Å². The zero-order valence-electron chi connectivity index (χ0n) is 12.5. The van der Waals surface area contributed by atoms with E-state index in [9.17, 15) is 9.59 Å². The molecular formula is C17H22N2O2. The van der Waals surface area contributed by atoms with Crippen molar-refractivity contribution in [3.63, 3.8) is 0 Å². The van der Waals surface area contributed by atoms with E-state index < -0.39 is 0 Å². The predicted molar refractivity (Wildman–Crippen MR) is 80.7 cm³/mol. The van der Waals surface area contributed by atoms with Gasteiger partial charge in [0.1, 0.15) is 0 Å². The van der Waals surface area contributed by atoms with Gasteiger partial charge in [-0.2, -0.15) is 0 Å². The zero-order valence-corrected chi connectivity index (χ0v) is 12.5. The minimum atomic E-state index is 0.120. The van der Waals surface area contributed by atoms with Crippen molar-refractivity contribution in [2.24, 2.45) is 11.8 Å². The summed E-state index contributed by atoms with van der Waals surface area (Å²) >= 11 is 0. The third-order valence-corrected chi connectivity index (χ3v) is 4.51. The standard InChI is InChI=1S/C17H22N2O2/c1-12-10-15(12)16(20)18-11-13-4-6-14(7-5-13)17(21)19-8-2-3-9-19/h4-7,12,15H,2-3,8-11H2,1H3,(H,18,20)/t12-,15+/m0/s1. The van der Waals surface area contributed by atoms with Crippen molar-refractivity contribution in [2.45, 2.75) is 32.7 Å². The van der Waals surface area contributed by atoms with Crippen LogP contribution in [-0.4, -0.2) is 29.8 Å².